The van der Waals surface area contributed by atoms with E-state index in [1.165, 1.54) is 23.3 Å². The van der Waals surface area contributed by atoms with Gasteiger partial charge in [-0.1, -0.05) is 72.9 Å². The van der Waals surface area contributed by atoms with E-state index in [9.17, 15) is 13.2 Å². The van der Waals surface area contributed by atoms with Crippen LogP contribution < -0.4 is 0 Å². The van der Waals surface area contributed by atoms with Crippen LogP contribution in [0.5, 0.6) is 0 Å². The van der Waals surface area contributed by atoms with E-state index in [0.717, 1.165) is 36.6 Å². The molecular weight excluding hydrogens is 419 g/mol. The summed E-state index contributed by atoms with van der Waals surface area (Å²) in [5, 5.41) is 0. The summed E-state index contributed by atoms with van der Waals surface area (Å²) >= 11 is 0. The van der Waals surface area contributed by atoms with Crippen LogP contribution in [-0.4, -0.2) is 23.4 Å². The number of benzene rings is 2. The molecule has 0 spiro atoms. The molecule has 4 heteroatoms. The molecule has 2 aliphatic carbocycles. The molecule has 0 radical (unpaired) electrons. The summed E-state index contributed by atoms with van der Waals surface area (Å²) in [5.41, 5.74) is 3.98. The maximum absolute atomic E-state index is 13.1. The molecule has 1 unspecified atom stereocenters. The molecule has 0 amide bonds. The van der Waals surface area contributed by atoms with Crippen molar-refractivity contribution in [2.24, 2.45) is 5.92 Å². The third-order valence-electron chi connectivity index (χ3n) is 6.41. The highest BCUT2D eigenvalue weighted by atomic mass is 19.4. The van der Waals surface area contributed by atoms with Gasteiger partial charge in [0.1, 0.15) is 6.54 Å². The quantitative estimate of drug-likeness (QED) is 0.312. The van der Waals surface area contributed by atoms with Gasteiger partial charge in [0.25, 0.3) is 0 Å². The maximum atomic E-state index is 13.1. The van der Waals surface area contributed by atoms with Crippen LogP contribution in [0.2, 0.25) is 0 Å². The van der Waals surface area contributed by atoms with Gasteiger partial charge in [-0.25, -0.2) is 4.58 Å². The van der Waals surface area contributed by atoms with Gasteiger partial charge in [0.2, 0.25) is 0 Å². The zero-order valence-corrected chi connectivity index (χ0v) is 18.8. The molecular formula is C29H29F3N+. The summed E-state index contributed by atoms with van der Waals surface area (Å²) < 4.78 is 41.6. The molecule has 0 aromatic heterocycles. The Morgan fingerprint density at radius 2 is 1.85 bits per heavy atom. The molecule has 2 aromatic carbocycles. The highest BCUT2D eigenvalue weighted by molar-refractivity contribution is 5.75. The van der Waals surface area contributed by atoms with E-state index >= 15 is 0 Å². The van der Waals surface area contributed by atoms with Crippen molar-refractivity contribution in [1.82, 2.24) is 0 Å². The summed E-state index contributed by atoms with van der Waals surface area (Å²) in [6.07, 6.45) is 13.3. The Hall–Kier alpha value is -3.14. The van der Waals surface area contributed by atoms with E-state index in [1.54, 1.807) is 6.07 Å². The first-order valence-electron chi connectivity index (χ1n) is 11.5. The van der Waals surface area contributed by atoms with Gasteiger partial charge in [-0.15, -0.1) is 0 Å². The van der Waals surface area contributed by atoms with Crippen LogP contribution in [0, 0.1) is 5.92 Å². The number of alkyl halides is 3. The lowest BCUT2D eigenvalue weighted by molar-refractivity contribution is -0.549. The predicted octanol–water partition coefficient (Wildman–Crippen LogP) is 7.16. The van der Waals surface area contributed by atoms with Crippen molar-refractivity contribution in [3.63, 3.8) is 0 Å². The number of hydrogen-bond acceptors (Lipinski definition) is 0. The molecule has 0 N–H and O–H groups in total. The van der Waals surface area contributed by atoms with Gasteiger partial charge in [0.05, 0.1) is 5.56 Å². The topological polar surface area (TPSA) is 3.01 Å². The zero-order chi connectivity index (χ0) is 23.3. The lowest BCUT2D eigenvalue weighted by Crippen LogP contribution is -2.32. The monoisotopic (exact) mass is 448 g/mol. The van der Waals surface area contributed by atoms with Crippen molar-refractivity contribution in [2.75, 3.05) is 6.54 Å². The molecule has 0 aliphatic heterocycles. The number of allylic oxidation sites excluding steroid dienone is 7. The second kappa shape index (κ2) is 10.2. The van der Waals surface area contributed by atoms with Crippen LogP contribution in [0.25, 0.3) is 0 Å². The molecule has 2 aliphatic rings. The van der Waals surface area contributed by atoms with E-state index < -0.39 is 11.7 Å². The second-order valence-corrected chi connectivity index (χ2v) is 8.66. The van der Waals surface area contributed by atoms with Crippen molar-refractivity contribution in [2.45, 2.75) is 38.4 Å². The normalized spacial score (nSPS) is 19.0. The Bertz CT molecular complexity index is 1120. The predicted molar refractivity (Wildman–Crippen MR) is 129 cm³/mol. The highest BCUT2D eigenvalue weighted by Crippen LogP contribution is 2.34. The van der Waals surface area contributed by atoms with Gasteiger partial charge >= 0.3 is 6.18 Å². The Morgan fingerprint density at radius 1 is 1.03 bits per heavy atom. The Labute approximate surface area is 194 Å². The van der Waals surface area contributed by atoms with Gasteiger partial charge in [-0.3, -0.25) is 0 Å². The fraction of sp³-hybridized carbons (Fsp3) is 0.276. The third-order valence-corrected chi connectivity index (χ3v) is 6.41. The summed E-state index contributed by atoms with van der Waals surface area (Å²) in [4.78, 5) is 0. The third kappa shape index (κ3) is 5.81. The fourth-order valence-corrected chi connectivity index (χ4v) is 4.62. The molecule has 0 fully saturated rings. The molecule has 170 valence electrons. The van der Waals surface area contributed by atoms with Gasteiger partial charge in [-0.2, -0.15) is 13.2 Å². The summed E-state index contributed by atoms with van der Waals surface area (Å²) in [6.45, 7) is 2.99. The average Bonchev–Trinajstić information content (AvgIpc) is 2.83. The van der Waals surface area contributed by atoms with Crippen molar-refractivity contribution < 1.29 is 17.7 Å². The van der Waals surface area contributed by atoms with E-state index in [2.05, 4.69) is 66.3 Å². The zero-order valence-electron chi connectivity index (χ0n) is 18.8. The highest BCUT2D eigenvalue weighted by Gasteiger charge is 2.31. The average molecular weight is 449 g/mol. The van der Waals surface area contributed by atoms with E-state index in [1.807, 2.05) is 18.2 Å². The Kier molecular flexibility index (Phi) is 7.12. The molecule has 2 atom stereocenters. The maximum Gasteiger partial charge on any atom is 0.416 e. The molecule has 1 nitrogen and oxygen atoms in total. The lowest BCUT2D eigenvalue weighted by Gasteiger charge is -2.28. The van der Waals surface area contributed by atoms with Crippen molar-refractivity contribution in [1.29, 1.82) is 0 Å². The summed E-state index contributed by atoms with van der Waals surface area (Å²) in [7, 11) is 0. The molecule has 33 heavy (non-hydrogen) atoms. The number of aryl methyl sites for hydroxylation is 1. The van der Waals surface area contributed by atoms with Crippen LogP contribution >= 0.6 is 0 Å². The molecule has 0 saturated carbocycles. The lowest BCUT2D eigenvalue weighted by atomic mass is 9.79. The number of hydrogen-bond donors (Lipinski definition) is 0. The van der Waals surface area contributed by atoms with Gasteiger partial charge in [-0.05, 0) is 42.2 Å². The van der Waals surface area contributed by atoms with E-state index in [4.69, 9.17) is 0 Å². The van der Waals surface area contributed by atoms with Crippen LogP contribution in [0.15, 0.2) is 102 Å². The standard InChI is InChI=1S/C29H29F3N/c1-22(27-18-8-15-25-14-5-6-17-28(25)27)33(21-24-10-3-2-4-11-24)19-9-13-23-12-7-16-26(20-23)29(30,31)32/h2-8,10-12,14-16,18,20-22,28H,9,13,17,19H2,1H3/q+1/t22-,28?/m1/s1. The first-order valence-corrected chi connectivity index (χ1v) is 11.5. The van der Waals surface area contributed by atoms with Crippen molar-refractivity contribution in [3.8, 4) is 0 Å². The van der Waals surface area contributed by atoms with E-state index in [0.29, 0.717) is 12.3 Å². The molecule has 4 rings (SSSR count). The Morgan fingerprint density at radius 3 is 2.64 bits per heavy atom. The minimum absolute atomic E-state index is 0.177. The first kappa shape index (κ1) is 23.0. The number of fused-ring (bicyclic) bond motifs is 1. The summed E-state index contributed by atoms with van der Waals surface area (Å²) in [6, 6.07) is 16.1. The number of rotatable bonds is 7. The smallest absolute Gasteiger partial charge is 0.229 e. The molecule has 2 aromatic rings. The van der Waals surface area contributed by atoms with Crippen LogP contribution in [0.4, 0.5) is 13.2 Å². The van der Waals surface area contributed by atoms with Crippen LogP contribution in [-0.2, 0) is 12.6 Å². The van der Waals surface area contributed by atoms with Crippen LogP contribution in [0.1, 0.15) is 36.5 Å². The minimum Gasteiger partial charge on any atom is -0.229 e. The molecule has 0 saturated heterocycles. The second-order valence-electron chi connectivity index (χ2n) is 8.66. The fourth-order valence-electron chi connectivity index (χ4n) is 4.62. The largest absolute Gasteiger partial charge is 0.416 e. The number of halogens is 3. The minimum atomic E-state index is -4.31. The van der Waals surface area contributed by atoms with Gasteiger partial charge in [0, 0.05) is 30.4 Å². The first-order chi connectivity index (χ1) is 15.9. The number of nitrogens with zero attached hydrogens (tertiary/aromatic N) is 1. The van der Waals surface area contributed by atoms with Crippen LogP contribution in [0.3, 0.4) is 0 Å². The summed E-state index contributed by atoms with van der Waals surface area (Å²) in [5.74, 6) is 0.380. The SMILES string of the molecule is C[C@H](C1=CC=CC2=CC=CCC21)[N+](=Cc1ccccc1)CCCc1cccc(C(F)(F)F)c1. The van der Waals surface area contributed by atoms with Gasteiger partial charge < -0.3 is 0 Å². The molecule has 0 heterocycles. The Balaban J connectivity index is 1.53. The van der Waals surface area contributed by atoms with Crippen molar-refractivity contribution in [3.05, 3.63) is 119 Å². The van der Waals surface area contributed by atoms with E-state index in [-0.39, 0.29) is 6.04 Å². The molecule has 0 bridgehead atoms. The van der Waals surface area contributed by atoms with Gasteiger partial charge in [0.15, 0.2) is 12.3 Å². The van der Waals surface area contributed by atoms with Crippen molar-refractivity contribution >= 4 is 6.21 Å².